The molecule has 0 saturated heterocycles. The summed E-state index contributed by atoms with van der Waals surface area (Å²) in [5.74, 6) is 0.639. The highest BCUT2D eigenvalue weighted by Gasteiger charge is 2.09. The van der Waals surface area contributed by atoms with Gasteiger partial charge >= 0.3 is 0 Å². The minimum absolute atomic E-state index is 0.00251. The van der Waals surface area contributed by atoms with Gasteiger partial charge in [-0.1, -0.05) is 17.7 Å². The van der Waals surface area contributed by atoms with Crippen molar-refractivity contribution in [1.82, 2.24) is 0 Å². The SMILES string of the molecule is Nc1cccc(SCc2ccc([N+](=O)[O-])cc2Cl)c1. The molecule has 0 amide bonds. The Bertz CT molecular complexity index is 619. The van der Waals surface area contributed by atoms with Crippen LogP contribution in [0.1, 0.15) is 5.56 Å². The largest absolute Gasteiger partial charge is 0.399 e. The number of anilines is 1. The van der Waals surface area contributed by atoms with Crippen LogP contribution in [-0.4, -0.2) is 4.92 Å². The summed E-state index contributed by atoms with van der Waals surface area (Å²) >= 11 is 7.61. The summed E-state index contributed by atoms with van der Waals surface area (Å²) in [5, 5.41) is 11.0. The molecule has 2 aromatic carbocycles. The minimum Gasteiger partial charge on any atom is -0.399 e. The van der Waals surface area contributed by atoms with E-state index < -0.39 is 4.92 Å². The maximum Gasteiger partial charge on any atom is 0.270 e. The molecule has 0 bridgehead atoms. The molecule has 98 valence electrons. The number of benzene rings is 2. The summed E-state index contributed by atoms with van der Waals surface area (Å²) in [4.78, 5) is 11.2. The van der Waals surface area contributed by atoms with E-state index in [9.17, 15) is 10.1 Å². The Morgan fingerprint density at radius 1 is 1.26 bits per heavy atom. The number of nitrogen functional groups attached to an aromatic ring is 1. The van der Waals surface area contributed by atoms with Gasteiger partial charge in [0.05, 0.1) is 9.95 Å². The van der Waals surface area contributed by atoms with Crippen molar-refractivity contribution in [2.24, 2.45) is 0 Å². The lowest BCUT2D eigenvalue weighted by atomic mass is 10.2. The Morgan fingerprint density at radius 3 is 2.68 bits per heavy atom. The van der Waals surface area contributed by atoms with E-state index in [2.05, 4.69) is 0 Å². The molecule has 2 aromatic rings. The van der Waals surface area contributed by atoms with Crippen LogP contribution in [0.2, 0.25) is 5.02 Å². The molecule has 0 saturated carbocycles. The highest BCUT2D eigenvalue weighted by Crippen LogP contribution is 2.29. The van der Waals surface area contributed by atoms with Crippen LogP contribution in [0.25, 0.3) is 0 Å². The Balaban J connectivity index is 2.10. The molecule has 0 atom stereocenters. The fourth-order valence-corrected chi connectivity index (χ4v) is 2.82. The van der Waals surface area contributed by atoms with Crippen molar-refractivity contribution in [1.29, 1.82) is 0 Å². The molecule has 0 spiro atoms. The number of non-ortho nitro benzene ring substituents is 1. The van der Waals surface area contributed by atoms with Gasteiger partial charge in [0.2, 0.25) is 0 Å². The van der Waals surface area contributed by atoms with E-state index in [0.717, 1.165) is 10.5 Å². The Morgan fingerprint density at radius 2 is 2.05 bits per heavy atom. The number of nitro benzene ring substituents is 1. The topological polar surface area (TPSA) is 69.2 Å². The number of hydrogen-bond acceptors (Lipinski definition) is 4. The monoisotopic (exact) mass is 294 g/mol. The van der Waals surface area contributed by atoms with Crippen LogP contribution in [0.5, 0.6) is 0 Å². The van der Waals surface area contributed by atoms with Gasteiger partial charge in [-0.25, -0.2) is 0 Å². The standard InChI is InChI=1S/C13H11ClN2O2S/c14-13-7-11(16(17)18)5-4-9(13)8-19-12-3-1-2-10(15)6-12/h1-7H,8,15H2. The first-order chi connectivity index (χ1) is 9.06. The third-order valence-corrected chi connectivity index (χ3v) is 3.89. The lowest BCUT2D eigenvalue weighted by molar-refractivity contribution is -0.384. The number of nitro groups is 1. The summed E-state index contributed by atoms with van der Waals surface area (Å²) in [6.07, 6.45) is 0. The lowest BCUT2D eigenvalue weighted by Crippen LogP contribution is -1.90. The second-order valence-electron chi connectivity index (χ2n) is 3.89. The van der Waals surface area contributed by atoms with Crippen molar-refractivity contribution in [3.05, 3.63) is 63.2 Å². The zero-order chi connectivity index (χ0) is 13.8. The van der Waals surface area contributed by atoms with Gasteiger partial charge in [-0.15, -0.1) is 11.8 Å². The first-order valence-corrected chi connectivity index (χ1v) is 6.84. The predicted molar refractivity (Wildman–Crippen MR) is 78.5 cm³/mol. The fourth-order valence-electron chi connectivity index (χ4n) is 1.53. The van der Waals surface area contributed by atoms with E-state index in [1.165, 1.54) is 12.1 Å². The molecular weight excluding hydrogens is 284 g/mol. The molecule has 0 fully saturated rings. The van der Waals surface area contributed by atoms with Crippen LogP contribution in [0.4, 0.5) is 11.4 Å². The molecule has 0 radical (unpaired) electrons. The van der Waals surface area contributed by atoms with E-state index in [1.807, 2.05) is 24.3 Å². The van der Waals surface area contributed by atoms with E-state index >= 15 is 0 Å². The molecule has 0 unspecified atom stereocenters. The molecule has 0 heterocycles. The number of rotatable bonds is 4. The van der Waals surface area contributed by atoms with Gasteiger partial charge in [-0.05, 0) is 29.8 Å². The minimum atomic E-state index is -0.458. The van der Waals surface area contributed by atoms with Gasteiger partial charge < -0.3 is 5.73 Å². The number of hydrogen-bond donors (Lipinski definition) is 1. The Kier molecular flexibility index (Phi) is 4.29. The van der Waals surface area contributed by atoms with Crippen LogP contribution >= 0.6 is 23.4 Å². The highest BCUT2D eigenvalue weighted by molar-refractivity contribution is 7.98. The van der Waals surface area contributed by atoms with Gasteiger partial charge in [-0.2, -0.15) is 0 Å². The number of thioether (sulfide) groups is 1. The number of nitrogens with zero attached hydrogens (tertiary/aromatic N) is 1. The van der Waals surface area contributed by atoms with Gasteiger partial charge in [-0.3, -0.25) is 10.1 Å². The zero-order valence-electron chi connectivity index (χ0n) is 9.88. The molecule has 19 heavy (non-hydrogen) atoms. The zero-order valence-corrected chi connectivity index (χ0v) is 11.4. The summed E-state index contributed by atoms with van der Waals surface area (Å²) in [7, 11) is 0. The van der Waals surface area contributed by atoms with Crippen LogP contribution in [-0.2, 0) is 5.75 Å². The molecule has 0 aromatic heterocycles. The van der Waals surface area contributed by atoms with Crippen LogP contribution < -0.4 is 5.73 Å². The summed E-state index contributed by atoms with van der Waals surface area (Å²) < 4.78 is 0. The van der Waals surface area contributed by atoms with E-state index in [-0.39, 0.29) is 5.69 Å². The molecule has 2 rings (SSSR count). The number of nitrogens with two attached hydrogens (primary N) is 1. The maximum absolute atomic E-state index is 10.6. The summed E-state index contributed by atoms with van der Waals surface area (Å²) in [6, 6.07) is 12.1. The van der Waals surface area contributed by atoms with E-state index in [0.29, 0.717) is 16.5 Å². The quantitative estimate of drug-likeness (QED) is 0.398. The second kappa shape index (κ2) is 5.95. The molecule has 2 N–H and O–H groups in total. The third-order valence-electron chi connectivity index (χ3n) is 2.50. The molecule has 0 aliphatic carbocycles. The summed E-state index contributed by atoms with van der Waals surface area (Å²) in [5.41, 5.74) is 7.27. The maximum atomic E-state index is 10.6. The second-order valence-corrected chi connectivity index (χ2v) is 5.35. The average Bonchev–Trinajstić information content (AvgIpc) is 2.37. The normalized spacial score (nSPS) is 10.4. The molecule has 4 nitrogen and oxygen atoms in total. The number of halogens is 1. The predicted octanol–water partition coefficient (Wildman–Crippen LogP) is 4.12. The van der Waals surface area contributed by atoms with Crippen molar-refractivity contribution >= 4 is 34.7 Å². The Labute approximate surface area is 119 Å². The third kappa shape index (κ3) is 3.62. The molecule has 6 heteroatoms. The van der Waals surface area contributed by atoms with Gasteiger partial charge in [0.15, 0.2) is 0 Å². The van der Waals surface area contributed by atoms with E-state index in [1.54, 1.807) is 17.8 Å². The van der Waals surface area contributed by atoms with Crippen molar-refractivity contribution in [2.45, 2.75) is 10.6 Å². The average molecular weight is 295 g/mol. The lowest BCUT2D eigenvalue weighted by Gasteiger charge is -2.05. The Hall–Kier alpha value is -1.72. The molecule has 0 aliphatic rings. The first kappa shape index (κ1) is 13.7. The fraction of sp³-hybridized carbons (Fsp3) is 0.0769. The first-order valence-electron chi connectivity index (χ1n) is 5.47. The van der Waals surface area contributed by atoms with Crippen molar-refractivity contribution in [2.75, 3.05) is 5.73 Å². The summed E-state index contributed by atoms with van der Waals surface area (Å²) in [6.45, 7) is 0. The van der Waals surface area contributed by atoms with Crippen LogP contribution in [0.15, 0.2) is 47.4 Å². The van der Waals surface area contributed by atoms with Gasteiger partial charge in [0.25, 0.3) is 5.69 Å². The van der Waals surface area contributed by atoms with Crippen LogP contribution in [0.3, 0.4) is 0 Å². The van der Waals surface area contributed by atoms with Gasteiger partial charge in [0.1, 0.15) is 0 Å². The molecule has 0 aliphatic heterocycles. The van der Waals surface area contributed by atoms with Gasteiger partial charge in [0, 0.05) is 28.5 Å². The van der Waals surface area contributed by atoms with E-state index in [4.69, 9.17) is 17.3 Å². The van der Waals surface area contributed by atoms with Crippen molar-refractivity contribution in [3.63, 3.8) is 0 Å². The smallest absolute Gasteiger partial charge is 0.270 e. The van der Waals surface area contributed by atoms with Crippen molar-refractivity contribution in [3.8, 4) is 0 Å². The highest BCUT2D eigenvalue weighted by atomic mass is 35.5. The van der Waals surface area contributed by atoms with Crippen LogP contribution in [0, 0.1) is 10.1 Å². The molecular formula is C13H11ClN2O2S. The van der Waals surface area contributed by atoms with Crippen molar-refractivity contribution < 1.29 is 4.92 Å².